The van der Waals surface area contributed by atoms with E-state index in [1.54, 1.807) is 32.2 Å². The second-order valence-corrected chi connectivity index (χ2v) is 8.41. The third-order valence-electron chi connectivity index (χ3n) is 6.48. The number of carbonyl (C=O) groups excluding carboxylic acids is 1. The van der Waals surface area contributed by atoms with E-state index in [9.17, 15) is 9.59 Å². The molecule has 1 heterocycles. The number of carbonyl (C=O) groups is 1. The van der Waals surface area contributed by atoms with Crippen molar-refractivity contribution >= 4 is 5.91 Å². The van der Waals surface area contributed by atoms with Crippen molar-refractivity contribution in [3.05, 3.63) is 130 Å². The lowest BCUT2D eigenvalue weighted by molar-refractivity contribution is -0.124. The molecule has 6 heteroatoms. The molecular formula is C28H26FN3O2. The van der Waals surface area contributed by atoms with E-state index in [0.717, 1.165) is 11.1 Å². The average Bonchev–Trinajstić information content (AvgIpc) is 2.84. The normalized spacial score (nSPS) is 13.0. The van der Waals surface area contributed by atoms with Crippen LogP contribution >= 0.6 is 0 Å². The predicted molar refractivity (Wildman–Crippen MR) is 132 cm³/mol. The van der Waals surface area contributed by atoms with Crippen LogP contribution in [0.5, 0.6) is 0 Å². The number of hydrogen-bond donors (Lipinski definition) is 2. The molecule has 0 aliphatic rings. The number of pyridine rings is 1. The Morgan fingerprint density at radius 3 is 1.91 bits per heavy atom. The Bertz CT molecular complexity index is 1360. The van der Waals surface area contributed by atoms with E-state index < -0.39 is 23.2 Å². The third kappa shape index (κ3) is 3.93. The summed E-state index contributed by atoms with van der Waals surface area (Å²) < 4.78 is 17.0. The SMILES string of the molecule is Cc1c(-c2ccc([C@](N)(C(N)=O)C(c3ccccc3)c3ccccc3)cc2F)ccc(=O)n1C. The number of benzene rings is 3. The van der Waals surface area contributed by atoms with Crippen LogP contribution in [0.15, 0.2) is 95.8 Å². The summed E-state index contributed by atoms with van der Waals surface area (Å²) >= 11 is 0. The number of rotatable bonds is 6. The molecule has 1 atom stereocenters. The molecule has 3 aromatic carbocycles. The Morgan fingerprint density at radius 1 is 0.882 bits per heavy atom. The van der Waals surface area contributed by atoms with Gasteiger partial charge in [0, 0.05) is 35.9 Å². The number of aromatic nitrogens is 1. The van der Waals surface area contributed by atoms with Gasteiger partial charge < -0.3 is 16.0 Å². The van der Waals surface area contributed by atoms with Crippen molar-refractivity contribution < 1.29 is 9.18 Å². The molecule has 34 heavy (non-hydrogen) atoms. The van der Waals surface area contributed by atoms with Crippen LogP contribution in [0.3, 0.4) is 0 Å². The molecule has 5 nitrogen and oxygen atoms in total. The van der Waals surface area contributed by atoms with E-state index >= 15 is 4.39 Å². The molecule has 4 aromatic rings. The monoisotopic (exact) mass is 455 g/mol. The molecule has 0 spiro atoms. The van der Waals surface area contributed by atoms with E-state index in [0.29, 0.717) is 16.8 Å². The van der Waals surface area contributed by atoms with Crippen molar-refractivity contribution in [1.82, 2.24) is 4.57 Å². The molecule has 0 aliphatic heterocycles. The molecule has 172 valence electrons. The summed E-state index contributed by atoms with van der Waals surface area (Å²) in [5.41, 5.74) is 14.2. The van der Waals surface area contributed by atoms with E-state index in [4.69, 9.17) is 11.5 Å². The highest BCUT2D eigenvalue weighted by molar-refractivity contribution is 5.88. The van der Waals surface area contributed by atoms with Gasteiger partial charge in [0.15, 0.2) is 0 Å². The number of primary amides is 1. The van der Waals surface area contributed by atoms with Crippen LogP contribution in [-0.2, 0) is 17.4 Å². The first kappa shape index (κ1) is 23.1. The van der Waals surface area contributed by atoms with Crippen LogP contribution in [-0.4, -0.2) is 10.5 Å². The first-order chi connectivity index (χ1) is 16.2. The van der Waals surface area contributed by atoms with Gasteiger partial charge in [-0.05, 0) is 35.7 Å². The second-order valence-electron chi connectivity index (χ2n) is 8.41. The van der Waals surface area contributed by atoms with E-state index in [1.807, 2.05) is 60.7 Å². The van der Waals surface area contributed by atoms with Gasteiger partial charge in [-0.1, -0.05) is 72.8 Å². The summed E-state index contributed by atoms with van der Waals surface area (Å²) in [6.07, 6.45) is 0. The Kier molecular flexibility index (Phi) is 6.18. The maximum atomic E-state index is 15.5. The Labute approximate surface area is 197 Å². The highest BCUT2D eigenvalue weighted by atomic mass is 19.1. The van der Waals surface area contributed by atoms with Gasteiger partial charge in [-0.25, -0.2) is 4.39 Å². The van der Waals surface area contributed by atoms with Crippen molar-refractivity contribution in [2.75, 3.05) is 0 Å². The summed E-state index contributed by atoms with van der Waals surface area (Å²) in [4.78, 5) is 24.9. The molecule has 0 unspecified atom stereocenters. The fraction of sp³-hybridized carbons (Fsp3) is 0.143. The molecule has 1 amide bonds. The van der Waals surface area contributed by atoms with Crippen LogP contribution in [0.1, 0.15) is 28.3 Å². The number of halogens is 1. The van der Waals surface area contributed by atoms with Crippen LogP contribution in [0.4, 0.5) is 4.39 Å². The van der Waals surface area contributed by atoms with Gasteiger partial charge in [0.25, 0.3) is 0 Å². The first-order valence-electron chi connectivity index (χ1n) is 10.9. The number of nitrogens with two attached hydrogens (primary N) is 2. The van der Waals surface area contributed by atoms with Gasteiger partial charge in [-0.15, -0.1) is 0 Å². The molecule has 0 saturated carbocycles. The minimum absolute atomic E-state index is 0.179. The maximum absolute atomic E-state index is 15.5. The van der Waals surface area contributed by atoms with Gasteiger partial charge in [-0.2, -0.15) is 0 Å². The Morgan fingerprint density at radius 2 is 1.41 bits per heavy atom. The van der Waals surface area contributed by atoms with Crippen molar-refractivity contribution in [2.24, 2.45) is 18.5 Å². The van der Waals surface area contributed by atoms with Gasteiger partial charge >= 0.3 is 0 Å². The van der Waals surface area contributed by atoms with Crippen molar-refractivity contribution in [1.29, 1.82) is 0 Å². The lowest BCUT2D eigenvalue weighted by atomic mass is 9.71. The molecule has 0 saturated heterocycles. The molecule has 1 aromatic heterocycles. The molecule has 4 rings (SSSR count). The predicted octanol–water partition coefficient (Wildman–Crippen LogP) is 3.97. The minimum atomic E-state index is -1.72. The van der Waals surface area contributed by atoms with Crippen molar-refractivity contribution in [3.8, 4) is 11.1 Å². The fourth-order valence-electron chi connectivity index (χ4n) is 4.47. The van der Waals surface area contributed by atoms with E-state index in [-0.39, 0.29) is 11.1 Å². The minimum Gasteiger partial charge on any atom is -0.368 e. The lowest BCUT2D eigenvalue weighted by Gasteiger charge is -2.36. The molecule has 0 radical (unpaired) electrons. The van der Waals surface area contributed by atoms with Crippen LogP contribution < -0.4 is 17.0 Å². The maximum Gasteiger partial charge on any atom is 0.250 e. The quantitative estimate of drug-likeness (QED) is 0.461. The van der Waals surface area contributed by atoms with Crippen molar-refractivity contribution in [2.45, 2.75) is 18.4 Å². The zero-order valence-corrected chi connectivity index (χ0v) is 19.0. The van der Waals surface area contributed by atoms with Gasteiger partial charge in [0.1, 0.15) is 11.4 Å². The summed E-state index contributed by atoms with van der Waals surface area (Å²) in [6, 6.07) is 26.2. The highest BCUT2D eigenvalue weighted by Crippen LogP contribution is 2.41. The van der Waals surface area contributed by atoms with Gasteiger partial charge in [-0.3, -0.25) is 9.59 Å². The highest BCUT2D eigenvalue weighted by Gasteiger charge is 2.44. The third-order valence-corrected chi connectivity index (χ3v) is 6.48. The summed E-state index contributed by atoms with van der Waals surface area (Å²) in [5, 5.41) is 0. The smallest absolute Gasteiger partial charge is 0.250 e. The summed E-state index contributed by atoms with van der Waals surface area (Å²) in [7, 11) is 1.63. The zero-order chi connectivity index (χ0) is 24.5. The molecular weight excluding hydrogens is 429 g/mol. The second kappa shape index (κ2) is 9.08. The standard InChI is InChI=1S/C28H26FN3O2/c1-18-22(15-16-25(33)32(18)2)23-14-13-21(17-24(23)29)28(31,27(30)34)26(19-9-5-3-6-10-19)20-11-7-4-8-12-20/h3-17,26H,31H2,1-2H3,(H2,30,34)/t28-/m1/s1. The molecule has 0 bridgehead atoms. The molecule has 4 N–H and O–H groups in total. The Balaban J connectivity index is 1.91. The number of amides is 1. The Hall–Kier alpha value is -4.03. The van der Waals surface area contributed by atoms with Crippen LogP contribution in [0, 0.1) is 12.7 Å². The topological polar surface area (TPSA) is 91.1 Å². The lowest BCUT2D eigenvalue weighted by Crippen LogP contribution is -2.53. The average molecular weight is 456 g/mol. The molecule has 0 fully saturated rings. The summed E-state index contributed by atoms with van der Waals surface area (Å²) in [6.45, 7) is 1.75. The van der Waals surface area contributed by atoms with E-state index in [1.165, 1.54) is 16.7 Å². The number of nitrogens with zero attached hydrogens (tertiary/aromatic N) is 1. The zero-order valence-electron chi connectivity index (χ0n) is 19.0. The molecule has 0 aliphatic carbocycles. The van der Waals surface area contributed by atoms with Crippen LogP contribution in [0.25, 0.3) is 11.1 Å². The van der Waals surface area contributed by atoms with E-state index in [2.05, 4.69) is 0 Å². The fourth-order valence-corrected chi connectivity index (χ4v) is 4.47. The van der Waals surface area contributed by atoms with Gasteiger partial charge in [0.2, 0.25) is 11.5 Å². The summed E-state index contributed by atoms with van der Waals surface area (Å²) in [5.74, 6) is -1.97. The first-order valence-corrected chi connectivity index (χ1v) is 10.9. The van der Waals surface area contributed by atoms with Crippen molar-refractivity contribution in [3.63, 3.8) is 0 Å². The van der Waals surface area contributed by atoms with Crippen LogP contribution in [0.2, 0.25) is 0 Å². The number of hydrogen-bond acceptors (Lipinski definition) is 3. The van der Waals surface area contributed by atoms with Gasteiger partial charge in [0.05, 0.1) is 0 Å². The largest absolute Gasteiger partial charge is 0.368 e.